The Kier molecular flexibility index (Phi) is 4.78. The third kappa shape index (κ3) is 3.10. The van der Waals surface area contributed by atoms with Gasteiger partial charge in [0.15, 0.2) is 11.6 Å². The zero-order valence-electron chi connectivity index (χ0n) is 15.9. The van der Waals surface area contributed by atoms with Crippen LogP contribution in [-0.2, 0) is 6.54 Å². The highest BCUT2D eigenvalue weighted by Crippen LogP contribution is 2.28. The molecule has 1 aliphatic heterocycles. The standard InChI is InChI=1S/C21H17FN4O4/c1-2-25(21(29)30)16-9-5-6-13(18(16)22)12-24-11-10-17(23-24)26-19(27)14-7-3-4-8-15(14)20(26)28/h3-11H,2,12H2,1H3,(H,29,30). The van der Waals surface area contributed by atoms with Crippen LogP contribution in [0, 0.1) is 5.82 Å². The van der Waals surface area contributed by atoms with Gasteiger partial charge >= 0.3 is 6.09 Å². The van der Waals surface area contributed by atoms with Crippen molar-refractivity contribution in [1.82, 2.24) is 9.78 Å². The average Bonchev–Trinajstić information content (AvgIpc) is 3.28. The van der Waals surface area contributed by atoms with Gasteiger partial charge < -0.3 is 5.11 Å². The summed E-state index contributed by atoms with van der Waals surface area (Å²) < 4.78 is 16.3. The molecule has 1 N–H and O–H groups in total. The molecule has 0 radical (unpaired) electrons. The summed E-state index contributed by atoms with van der Waals surface area (Å²) in [6, 6.07) is 12.5. The molecule has 0 unspecified atom stereocenters. The molecule has 0 saturated carbocycles. The van der Waals surface area contributed by atoms with Crippen LogP contribution in [0.15, 0.2) is 54.7 Å². The summed E-state index contributed by atoms with van der Waals surface area (Å²) in [6.45, 7) is 1.71. The lowest BCUT2D eigenvalue weighted by molar-refractivity contribution is 0.0924. The van der Waals surface area contributed by atoms with Gasteiger partial charge in [-0.15, -0.1) is 0 Å². The van der Waals surface area contributed by atoms with E-state index >= 15 is 0 Å². The van der Waals surface area contributed by atoms with Gasteiger partial charge in [0.05, 0.1) is 23.4 Å². The van der Waals surface area contributed by atoms with Gasteiger partial charge in [-0.25, -0.2) is 14.1 Å². The number of amides is 3. The minimum Gasteiger partial charge on any atom is -0.465 e. The number of carboxylic acid groups (broad SMARTS) is 1. The van der Waals surface area contributed by atoms with E-state index in [0.29, 0.717) is 11.1 Å². The van der Waals surface area contributed by atoms with Crippen LogP contribution in [0.5, 0.6) is 0 Å². The summed E-state index contributed by atoms with van der Waals surface area (Å²) in [7, 11) is 0. The van der Waals surface area contributed by atoms with E-state index in [4.69, 9.17) is 0 Å². The number of fused-ring (bicyclic) bond motifs is 1. The van der Waals surface area contributed by atoms with Crippen molar-refractivity contribution in [2.24, 2.45) is 0 Å². The average molecular weight is 408 g/mol. The Morgan fingerprint density at radius 3 is 2.33 bits per heavy atom. The monoisotopic (exact) mass is 408 g/mol. The van der Waals surface area contributed by atoms with E-state index in [1.807, 2.05) is 0 Å². The maximum Gasteiger partial charge on any atom is 0.411 e. The van der Waals surface area contributed by atoms with Gasteiger partial charge in [0.25, 0.3) is 11.8 Å². The number of anilines is 2. The molecular formula is C21H17FN4O4. The number of imide groups is 1. The number of nitrogens with zero attached hydrogens (tertiary/aromatic N) is 4. The molecule has 3 amide bonds. The van der Waals surface area contributed by atoms with Crippen molar-refractivity contribution in [3.05, 3.63) is 77.2 Å². The lowest BCUT2D eigenvalue weighted by Crippen LogP contribution is -2.30. The van der Waals surface area contributed by atoms with Gasteiger partial charge in [-0.05, 0) is 25.1 Å². The summed E-state index contributed by atoms with van der Waals surface area (Å²) >= 11 is 0. The summed E-state index contributed by atoms with van der Waals surface area (Å²) in [6.07, 6.45) is 0.278. The third-order valence-corrected chi connectivity index (χ3v) is 4.88. The predicted molar refractivity (Wildman–Crippen MR) is 106 cm³/mol. The highest BCUT2D eigenvalue weighted by atomic mass is 19.1. The number of carbonyl (C=O) groups excluding carboxylic acids is 2. The normalized spacial score (nSPS) is 12.9. The Morgan fingerprint density at radius 1 is 1.07 bits per heavy atom. The Bertz CT molecular complexity index is 1140. The lowest BCUT2D eigenvalue weighted by atomic mass is 10.1. The topological polar surface area (TPSA) is 95.7 Å². The number of halogens is 1. The molecule has 0 spiro atoms. The van der Waals surface area contributed by atoms with Gasteiger partial charge in [-0.1, -0.05) is 24.3 Å². The van der Waals surface area contributed by atoms with Gasteiger partial charge in [0.1, 0.15) is 0 Å². The van der Waals surface area contributed by atoms with Crippen molar-refractivity contribution >= 4 is 29.4 Å². The second-order valence-corrected chi connectivity index (χ2v) is 6.64. The first kappa shape index (κ1) is 19.3. The van der Waals surface area contributed by atoms with Gasteiger partial charge in [0, 0.05) is 24.4 Å². The molecule has 9 heteroatoms. The Labute approximate surface area is 170 Å². The molecule has 8 nitrogen and oxygen atoms in total. The smallest absolute Gasteiger partial charge is 0.411 e. The lowest BCUT2D eigenvalue weighted by Gasteiger charge is -2.19. The van der Waals surface area contributed by atoms with Gasteiger partial charge in [0.2, 0.25) is 0 Å². The zero-order valence-corrected chi connectivity index (χ0v) is 15.9. The number of hydrogen-bond donors (Lipinski definition) is 1. The highest BCUT2D eigenvalue weighted by molar-refractivity contribution is 6.34. The molecule has 0 atom stereocenters. The van der Waals surface area contributed by atoms with Crippen molar-refractivity contribution in [2.45, 2.75) is 13.5 Å². The molecule has 30 heavy (non-hydrogen) atoms. The molecule has 2 aromatic carbocycles. The predicted octanol–water partition coefficient (Wildman–Crippen LogP) is 3.38. The first-order chi connectivity index (χ1) is 14.4. The van der Waals surface area contributed by atoms with E-state index in [0.717, 1.165) is 9.80 Å². The van der Waals surface area contributed by atoms with Crippen LogP contribution in [-0.4, -0.2) is 39.3 Å². The van der Waals surface area contributed by atoms with Crippen LogP contribution in [0.1, 0.15) is 33.2 Å². The minimum atomic E-state index is -1.25. The molecule has 3 aromatic rings. The molecule has 1 aromatic heterocycles. The third-order valence-electron chi connectivity index (χ3n) is 4.88. The molecule has 4 rings (SSSR count). The number of hydrogen-bond acceptors (Lipinski definition) is 4. The molecule has 0 fully saturated rings. The van der Waals surface area contributed by atoms with Gasteiger partial charge in [-0.2, -0.15) is 5.10 Å². The number of aromatic nitrogens is 2. The minimum absolute atomic E-state index is 0.0000159. The summed E-state index contributed by atoms with van der Waals surface area (Å²) in [4.78, 5) is 38.4. The molecule has 2 heterocycles. The van der Waals surface area contributed by atoms with Gasteiger partial charge in [-0.3, -0.25) is 19.2 Å². The molecule has 0 bridgehead atoms. The van der Waals surface area contributed by atoms with Crippen molar-refractivity contribution in [2.75, 3.05) is 16.3 Å². The molecule has 0 saturated heterocycles. The largest absolute Gasteiger partial charge is 0.465 e. The van der Waals surface area contributed by atoms with E-state index in [9.17, 15) is 23.9 Å². The Hall–Kier alpha value is -4.01. The van der Waals surface area contributed by atoms with E-state index in [-0.39, 0.29) is 30.2 Å². The van der Waals surface area contributed by atoms with E-state index in [1.165, 1.54) is 29.1 Å². The molecular weight excluding hydrogens is 391 g/mol. The summed E-state index contributed by atoms with van der Waals surface area (Å²) in [5.41, 5.74) is 0.799. The van der Waals surface area contributed by atoms with Crippen LogP contribution in [0.25, 0.3) is 0 Å². The summed E-state index contributed by atoms with van der Waals surface area (Å²) in [5.74, 6) is -1.46. The Morgan fingerprint density at radius 2 is 1.73 bits per heavy atom. The van der Waals surface area contributed by atoms with Crippen molar-refractivity contribution < 1.29 is 23.9 Å². The molecule has 1 aliphatic rings. The van der Waals surface area contributed by atoms with Crippen LogP contribution in [0.3, 0.4) is 0 Å². The summed E-state index contributed by atoms with van der Waals surface area (Å²) in [5, 5.41) is 13.5. The zero-order chi connectivity index (χ0) is 21.4. The quantitative estimate of drug-likeness (QED) is 0.653. The second-order valence-electron chi connectivity index (χ2n) is 6.64. The van der Waals surface area contributed by atoms with Crippen molar-refractivity contribution in [3.63, 3.8) is 0 Å². The van der Waals surface area contributed by atoms with Crippen molar-refractivity contribution in [3.8, 4) is 0 Å². The van der Waals surface area contributed by atoms with Crippen molar-refractivity contribution in [1.29, 1.82) is 0 Å². The highest BCUT2D eigenvalue weighted by Gasteiger charge is 2.37. The molecule has 152 valence electrons. The maximum absolute atomic E-state index is 14.9. The van der Waals surface area contributed by atoms with Crippen LogP contribution < -0.4 is 9.80 Å². The molecule has 0 aliphatic carbocycles. The first-order valence-corrected chi connectivity index (χ1v) is 9.21. The number of benzene rings is 2. The van der Waals surface area contributed by atoms with E-state index < -0.39 is 23.7 Å². The van der Waals surface area contributed by atoms with E-state index in [1.54, 1.807) is 37.3 Å². The fraction of sp³-hybridized carbons (Fsp3) is 0.143. The fourth-order valence-electron chi connectivity index (χ4n) is 3.44. The maximum atomic E-state index is 14.9. The first-order valence-electron chi connectivity index (χ1n) is 9.21. The van der Waals surface area contributed by atoms with Crippen LogP contribution in [0.4, 0.5) is 20.7 Å². The Balaban J connectivity index is 1.60. The number of rotatable bonds is 5. The SMILES string of the molecule is CCN(C(=O)O)c1cccc(Cn2ccc(N3C(=O)c4ccccc4C3=O)n2)c1F. The second kappa shape index (κ2) is 7.43. The fourth-order valence-corrected chi connectivity index (χ4v) is 3.44. The van der Waals surface area contributed by atoms with Crippen LogP contribution in [0.2, 0.25) is 0 Å². The number of carbonyl (C=O) groups is 3. The van der Waals surface area contributed by atoms with Crippen LogP contribution >= 0.6 is 0 Å². The van der Waals surface area contributed by atoms with E-state index in [2.05, 4.69) is 5.10 Å².